The Morgan fingerprint density at radius 1 is 0.658 bits per heavy atom. The van der Waals surface area contributed by atoms with Gasteiger partial charge in [0.15, 0.2) is 0 Å². The molecule has 2 aromatic carbocycles. The molecule has 0 aliphatic rings. The highest BCUT2D eigenvalue weighted by Crippen LogP contribution is 2.47. The molecule has 0 saturated carbocycles. The molecule has 0 atom stereocenters. The van der Waals surface area contributed by atoms with E-state index in [1.54, 1.807) is 24.3 Å². The molecule has 0 N–H and O–H groups in total. The lowest BCUT2D eigenvalue weighted by Crippen LogP contribution is -2.33. The maximum atomic E-state index is 12.3. The summed E-state index contributed by atoms with van der Waals surface area (Å²) in [4.78, 5) is 24.6. The van der Waals surface area contributed by atoms with Gasteiger partial charge in [0.1, 0.15) is 11.2 Å². The zero-order valence-corrected chi connectivity index (χ0v) is 25.4. The van der Waals surface area contributed by atoms with Crippen molar-refractivity contribution in [2.45, 2.75) is 106 Å². The van der Waals surface area contributed by atoms with Crippen molar-refractivity contribution in [1.29, 1.82) is 0 Å². The van der Waals surface area contributed by atoms with Gasteiger partial charge in [-0.25, -0.2) is 14.3 Å². The molecule has 0 bridgehead atoms. The van der Waals surface area contributed by atoms with Crippen LogP contribution in [0.1, 0.15) is 101 Å². The summed E-state index contributed by atoms with van der Waals surface area (Å²) in [5.41, 5.74) is 1.79. The molecule has 0 aromatic heterocycles. The van der Waals surface area contributed by atoms with Crippen molar-refractivity contribution >= 4 is 20.5 Å². The van der Waals surface area contributed by atoms with Gasteiger partial charge in [0.2, 0.25) is 0 Å². The highest BCUT2D eigenvalue weighted by Gasteiger charge is 2.27. The zero-order valence-electron chi connectivity index (χ0n) is 24.5. The van der Waals surface area contributed by atoms with Crippen LogP contribution in [-0.2, 0) is 31.7 Å². The molecule has 0 aliphatic heterocycles. The quantitative estimate of drug-likeness (QED) is 0.212. The molecule has 0 unspecified atom stereocenters. The molecule has 210 valence electrons. The molecule has 2 aromatic rings. The fourth-order valence-electron chi connectivity index (χ4n) is 3.55. The fraction of sp³-hybridized carbons (Fsp3) is 0.533. The third-order valence-corrected chi connectivity index (χ3v) is 7.11. The lowest BCUT2D eigenvalue weighted by molar-refractivity contribution is 0.00570. The van der Waals surface area contributed by atoms with E-state index in [-0.39, 0.29) is 24.0 Å². The van der Waals surface area contributed by atoms with Crippen molar-refractivity contribution in [2.24, 2.45) is 0 Å². The Kier molecular flexibility index (Phi) is 11.5. The number of ether oxygens (including phenoxy) is 2. The third-order valence-electron chi connectivity index (χ3n) is 5.11. The van der Waals surface area contributed by atoms with Gasteiger partial charge >= 0.3 is 11.9 Å². The van der Waals surface area contributed by atoms with Crippen molar-refractivity contribution in [1.82, 2.24) is 4.67 Å². The number of esters is 2. The van der Waals surface area contributed by atoms with Crippen LogP contribution < -0.4 is 0 Å². The van der Waals surface area contributed by atoms with E-state index >= 15 is 0 Å². The lowest BCUT2D eigenvalue weighted by atomic mass is 10.1. The number of nitrogens with zero attached hydrogens (tertiary/aromatic N) is 1. The minimum Gasteiger partial charge on any atom is -0.456 e. The molecule has 0 heterocycles. The first kappa shape index (κ1) is 31.9. The van der Waals surface area contributed by atoms with E-state index < -0.39 is 19.7 Å². The van der Waals surface area contributed by atoms with Crippen LogP contribution in [-0.4, -0.2) is 39.9 Å². The lowest BCUT2D eigenvalue weighted by Gasteiger charge is -2.35. The van der Waals surface area contributed by atoms with Crippen LogP contribution in [0.3, 0.4) is 0 Å². The van der Waals surface area contributed by atoms with Gasteiger partial charge in [-0.2, -0.15) is 0 Å². The Labute approximate surface area is 229 Å². The maximum Gasteiger partial charge on any atom is 0.338 e. The SMILES string of the molecule is CC(C)N(C(C)C)P(OCc1ccc(C(=O)OC(C)(C)C)cc1)OCc1ccc(C(=O)OC(C)(C)C)cc1. The highest BCUT2D eigenvalue weighted by molar-refractivity contribution is 7.44. The number of benzene rings is 2. The van der Waals surface area contributed by atoms with E-state index in [1.807, 2.05) is 65.8 Å². The Morgan fingerprint density at radius 3 is 1.24 bits per heavy atom. The van der Waals surface area contributed by atoms with Crippen molar-refractivity contribution in [3.05, 3.63) is 70.8 Å². The second-order valence-corrected chi connectivity index (χ2v) is 13.2. The predicted molar refractivity (Wildman–Crippen MR) is 152 cm³/mol. The van der Waals surface area contributed by atoms with Gasteiger partial charge in [0.25, 0.3) is 8.53 Å². The van der Waals surface area contributed by atoms with Crippen LogP contribution in [0.15, 0.2) is 48.5 Å². The summed E-state index contributed by atoms with van der Waals surface area (Å²) in [7, 11) is -1.38. The van der Waals surface area contributed by atoms with Gasteiger partial charge in [-0.15, -0.1) is 0 Å². The summed E-state index contributed by atoms with van der Waals surface area (Å²) in [6.07, 6.45) is 0. The molecular formula is C30H44NO6P. The van der Waals surface area contributed by atoms with Gasteiger partial charge < -0.3 is 18.5 Å². The number of rotatable bonds is 11. The Balaban J connectivity index is 2.08. The Hall–Kier alpha value is -2.31. The molecule has 0 aliphatic carbocycles. The second kappa shape index (κ2) is 13.7. The number of carbonyl (C=O) groups excluding carboxylic acids is 2. The molecule has 38 heavy (non-hydrogen) atoms. The monoisotopic (exact) mass is 545 g/mol. The average Bonchev–Trinajstić information content (AvgIpc) is 2.78. The second-order valence-electron chi connectivity index (χ2n) is 11.7. The van der Waals surface area contributed by atoms with Gasteiger partial charge in [-0.05, 0) is 105 Å². The maximum absolute atomic E-state index is 12.3. The molecule has 8 heteroatoms. The van der Waals surface area contributed by atoms with Crippen LogP contribution in [0.5, 0.6) is 0 Å². The summed E-state index contributed by atoms with van der Waals surface area (Å²) in [5.74, 6) is -0.696. The summed E-state index contributed by atoms with van der Waals surface area (Å²) in [5, 5.41) is 0. The van der Waals surface area contributed by atoms with E-state index in [0.29, 0.717) is 24.3 Å². The number of carbonyl (C=O) groups is 2. The standard InChI is InChI=1S/C30H44NO6P/c1-21(2)31(22(3)4)38(34-19-23-11-15-25(16-12-23)27(32)36-29(5,6)7)35-20-24-13-17-26(18-14-24)28(33)37-30(8,9)10/h11-18,21-22H,19-20H2,1-10H3. The molecule has 7 nitrogen and oxygen atoms in total. The largest absolute Gasteiger partial charge is 0.456 e. The molecule has 0 amide bonds. The zero-order chi connectivity index (χ0) is 28.7. The third kappa shape index (κ3) is 10.8. The fourth-order valence-corrected chi connectivity index (χ4v) is 5.17. The summed E-state index contributed by atoms with van der Waals surface area (Å²) in [6.45, 7) is 20.2. The van der Waals surface area contributed by atoms with Crippen LogP contribution in [0.25, 0.3) is 0 Å². The van der Waals surface area contributed by atoms with Gasteiger partial charge in [-0.3, -0.25) is 0 Å². The molecule has 2 rings (SSSR count). The first-order valence-electron chi connectivity index (χ1n) is 13.0. The minimum atomic E-state index is -1.38. The molecular weight excluding hydrogens is 501 g/mol. The van der Waals surface area contributed by atoms with Crippen LogP contribution in [0.4, 0.5) is 0 Å². The molecule has 0 saturated heterocycles. The molecule has 0 radical (unpaired) electrons. The molecule has 0 spiro atoms. The highest BCUT2D eigenvalue weighted by atomic mass is 31.2. The van der Waals surface area contributed by atoms with Crippen molar-refractivity contribution in [3.8, 4) is 0 Å². The number of hydrogen-bond donors (Lipinski definition) is 0. The van der Waals surface area contributed by atoms with Crippen molar-refractivity contribution in [2.75, 3.05) is 0 Å². The molecule has 0 fully saturated rings. The minimum absolute atomic E-state index is 0.213. The predicted octanol–water partition coefficient (Wildman–Crippen LogP) is 7.68. The van der Waals surface area contributed by atoms with E-state index in [4.69, 9.17) is 18.5 Å². The Bertz CT molecular complexity index is 953. The topological polar surface area (TPSA) is 74.3 Å². The van der Waals surface area contributed by atoms with Gasteiger partial charge in [-0.1, -0.05) is 24.3 Å². The smallest absolute Gasteiger partial charge is 0.338 e. The average molecular weight is 546 g/mol. The van der Waals surface area contributed by atoms with E-state index in [0.717, 1.165) is 11.1 Å². The Morgan fingerprint density at radius 2 is 0.974 bits per heavy atom. The van der Waals surface area contributed by atoms with E-state index in [2.05, 4.69) is 32.4 Å². The first-order chi connectivity index (χ1) is 17.6. The summed E-state index contributed by atoms with van der Waals surface area (Å²) < 4.78 is 25.7. The van der Waals surface area contributed by atoms with Crippen LogP contribution in [0.2, 0.25) is 0 Å². The van der Waals surface area contributed by atoms with E-state index in [9.17, 15) is 9.59 Å². The van der Waals surface area contributed by atoms with Crippen LogP contribution in [0, 0.1) is 0 Å². The van der Waals surface area contributed by atoms with Crippen LogP contribution >= 0.6 is 8.53 Å². The van der Waals surface area contributed by atoms with Gasteiger partial charge in [0, 0.05) is 12.1 Å². The normalized spacial score (nSPS) is 12.5. The van der Waals surface area contributed by atoms with Crippen molar-refractivity contribution in [3.63, 3.8) is 0 Å². The summed E-state index contributed by atoms with van der Waals surface area (Å²) in [6, 6.07) is 14.9. The van der Waals surface area contributed by atoms with E-state index in [1.165, 1.54) is 0 Å². The summed E-state index contributed by atoms with van der Waals surface area (Å²) >= 11 is 0. The number of hydrogen-bond acceptors (Lipinski definition) is 7. The van der Waals surface area contributed by atoms with Crippen molar-refractivity contribution < 1.29 is 28.1 Å². The first-order valence-corrected chi connectivity index (χ1v) is 14.2. The van der Waals surface area contributed by atoms with Gasteiger partial charge in [0.05, 0.1) is 24.3 Å².